The topological polar surface area (TPSA) is 141 Å². The molecule has 0 bridgehead atoms. The van der Waals surface area contributed by atoms with Gasteiger partial charge in [0.25, 0.3) is 5.91 Å². The molecular weight excluding hydrogens is 442 g/mol. The summed E-state index contributed by atoms with van der Waals surface area (Å²) < 4.78 is 29.8. The van der Waals surface area contributed by atoms with Gasteiger partial charge in [-0.15, -0.1) is 0 Å². The number of nitrogens with two attached hydrogens (primary N) is 2. The molecule has 2 heterocycles. The SMILES string of the molecule is Cc1nn(Cc2ccc(C#N)cc2F)c(C)c1-c1c(C(N)=O)nc2cc(F)ccc2c1C(N)=O. The van der Waals surface area contributed by atoms with Crippen molar-refractivity contribution >= 4 is 22.7 Å². The molecule has 170 valence electrons. The minimum Gasteiger partial charge on any atom is -0.366 e. The molecule has 0 unspecified atom stereocenters. The molecule has 0 saturated carbocycles. The van der Waals surface area contributed by atoms with Crippen LogP contribution in [0.15, 0.2) is 36.4 Å². The predicted octanol–water partition coefficient (Wildman–Crippen LogP) is 3.11. The van der Waals surface area contributed by atoms with Crippen LogP contribution < -0.4 is 11.5 Å². The fourth-order valence-corrected chi connectivity index (χ4v) is 4.03. The number of carbonyl (C=O) groups is 2. The molecule has 4 N–H and O–H groups in total. The van der Waals surface area contributed by atoms with Gasteiger partial charge in [-0.1, -0.05) is 6.07 Å². The van der Waals surface area contributed by atoms with Crippen LogP contribution in [0.25, 0.3) is 22.0 Å². The second-order valence-electron chi connectivity index (χ2n) is 7.72. The van der Waals surface area contributed by atoms with Crippen molar-refractivity contribution in [2.75, 3.05) is 0 Å². The van der Waals surface area contributed by atoms with Gasteiger partial charge in [0.05, 0.1) is 35.0 Å². The van der Waals surface area contributed by atoms with Crippen molar-refractivity contribution in [3.8, 4) is 17.2 Å². The molecule has 4 rings (SSSR count). The van der Waals surface area contributed by atoms with E-state index in [1.54, 1.807) is 13.8 Å². The molecule has 2 aromatic heterocycles. The molecule has 0 radical (unpaired) electrons. The standard InChI is InChI=1S/C24H18F2N6O2/c1-11-19(12(2)32(31-11)10-14-4-3-13(9-27)7-17(14)26)21-20(23(28)33)16-6-5-15(25)8-18(16)30-22(21)24(29)34/h3-8H,10H2,1-2H3,(H2,28,33)(H2,29,34). The van der Waals surface area contributed by atoms with Gasteiger partial charge in [-0.2, -0.15) is 10.4 Å². The molecule has 0 fully saturated rings. The number of aryl methyl sites for hydroxylation is 1. The fourth-order valence-electron chi connectivity index (χ4n) is 4.03. The third kappa shape index (κ3) is 3.73. The molecule has 0 saturated heterocycles. The second-order valence-corrected chi connectivity index (χ2v) is 7.72. The van der Waals surface area contributed by atoms with E-state index in [0.29, 0.717) is 17.0 Å². The lowest BCUT2D eigenvalue weighted by atomic mass is 9.92. The van der Waals surface area contributed by atoms with Crippen molar-refractivity contribution < 1.29 is 18.4 Å². The highest BCUT2D eigenvalue weighted by Gasteiger charge is 2.28. The number of carbonyl (C=O) groups excluding carboxylic acids is 2. The average molecular weight is 460 g/mol. The van der Waals surface area contributed by atoms with Crippen molar-refractivity contribution in [2.24, 2.45) is 11.5 Å². The van der Waals surface area contributed by atoms with E-state index in [-0.39, 0.29) is 45.4 Å². The molecular formula is C24H18F2N6O2. The summed E-state index contributed by atoms with van der Waals surface area (Å²) in [7, 11) is 0. The molecule has 0 atom stereocenters. The van der Waals surface area contributed by atoms with Gasteiger partial charge >= 0.3 is 0 Å². The lowest BCUT2D eigenvalue weighted by molar-refractivity contribution is 0.0996. The first-order valence-electron chi connectivity index (χ1n) is 10.1. The number of nitriles is 1. The van der Waals surface area contributed by atoms with Crippen LogP contribution in [-0.2, 0) is 6.54 Å². The van der Waals surface area contributed by atoms with E-state index in [9.17, 15) is 18.4 Å². The number of amides is 2. The van der Waals surface area contributed by atoms with Crippen LogP contribution >= 0.6 is 0 Å². The largest absolute Gasteiger partial charge is 0.366 e. The van der Waals surface area contributed by atoms with E-state index >= 15 is 0 Å². The summed E-state index contributed by atoms with van der Waals surface area (Å²) >= 11 is 0. The second kappa shape index (κ2) is 8.37. The number of nitrogens with zero attached hydrogens (tertiary/aromatic N) is 4. The Kier molecular flexibility index (Phi) is 5.55. The van der Waals surface area contributed by atoms with Gasteiger partial charge in [-0.25, -0.2) is 13.8 Å². The average Bonchev–Trinajstić information content (AvgIpc) is 3.05. The summed E-state index contributed by atoms with van der Waals surface area (Å²) in [4.78, 5) is 29.1. The molecule has 8 nitrogen and oxygen atoms in total. The molecule has 0 spiro atoms. The number of pyridine rings is 1. The third-order valence-corrected chi connectivity index (χ3v) is 5.56. The van der Waals surface area contributed by atoms with Gasteiger partial charge < -0.3 is 11.5 Å². The summed E-state index contributed by atoms with van der Waals surface area (Å²) in [5.74, 6) is -2.98. The molecule has 2 amide bonds. The first-order valence-corrected chi connectivity index (χ1v) is 10.1. The molecule has 0 aliphatic carbocycles. The van der Waals surface area contributed by atoms with Crippen LogP contribution in [0.4, 0.5) is 8.78 Å². The van der Waals surface area contributed by atoms with Crippen LogP contribution in [0.5, 0.6) is 0 Å². The molecule has 10 heteroatoms. The highest BCUT2D eigenvalue weighted by atomic mass is 19.1. The van der Waals surface area contributed by atoms with Crippen molar-refractivity contribution in [3.05, 3.63) is 81.8 Å². The van der Waals surface area contributed by atoms with E-state index in [0.717, 1.165) is 18.2 Å². The summed E-state index contributed by atoms with van der Waals surface area (Å²) in [5.41, 5.74) is 12.9. The summed E-state index contributed by atoms with van der Waals surface area (Å²) in [5, 5.41) is 13.7. The number of fused-ring (bicyclic) bond motifs is 1. The van der Waals surface area contributed by atoms with Gasteiger partial charge in [0.2, 0.25) is 5.91 Å². The maximum Gasteiger partial charge on any atom is 0.267 e. The Morgan fingerprint density at radius 3 is 2.41 bits per heavy atom. The smallest absolute Gasteiger partial charge is 0.267 e. The maximum absolute atomic E-state index is 14.5. The Labute approximate surface area is 192 Å². The normalized spacial score (nSPS) is 10.9. The molecule has 34 heavy (non-hydrogen) atoms. The quantitative estimate of drug-likeness (QED) is 0.471. The number of hydrogen-bond donors (Lipinski definition) is 2. The van der Waals surface area contributed by atoms with Crippen LogP contribution in [0.1, 0.15) is 43.4 Å². The van der Waals surface area contributed by atoms with E-state index in [1.165, 1.54) is 22.9 Å². The van der Waals surface area contributed by atoms with Crippen LogP contribution in [0, 0.1) is 36.8 Å². The Morgan fingerprint density at radius 1 is 1.06 bits per heavy atom. The minimum absolute atomic E-state index is 0.0221. The minimum atomic E-state index is -0.937. The highest BCUT2D eigenvalue weighted by Crippen LogP contribution is 2.36. The molecule has 0 aliphatic heterocycles. The number of rotatable bonds is 5. The van der Waals surface area contributed by atoms with Crippen LogP contribution in [-0.4, -0.2) is 26.6 Å². The molecule has 4 aromatic rings. The van der Waals surface area contributed by atoms with E-state index in [1.807, 2.05) is 6.07 Å². The molecule has 2 aromatic carbocycles. The number of hydrogen-bond acceptors (Lipinski definition) is 5. The van der Waals surface area contributed by atoms with Gasteiger partial charge in [0.1, 0.15) is 17.3 Å². The fraction of sp³-hybridized carbons (Fsp3) is 0.125. The van der Waals surface area contributed by atoms with Gasteiger partial charge in [-0.3, -0.25) is 14.3 Å². The first-order chi connectivity index (χ1) is 16.1. The Bertz CT molecular complexity index is 1550. The number of halogens is 2. The summed E-state index contributed by atoms with van der Waals surface area (Å²) in [6.07, 6.45) is 0. The summed E-state index contributed by atoms with van der Waals surface area (Å²) in [6.45, 7) is 3.36. The Balaban J connectivity index is 1.98. The van der Waals surface area contributed by atoms with Crippen LogP contribution in [0.3, 0.4) is 0 Å². The Hall–Kier alpha value is -4.65. The monoisotopic (exact) mass is 460 g/mol. The van der Waals surface area contributed by atoms with Crippen molar-refractivity contribution in [3.63, 3.8) is 0 Å². The van der Waals surface area contributed by atoms with Crippen molar-refractivity contribution in [1.82, 2.24) is 14.8 Å². The van der Waals surface area contributed by atoms with E-state index < -0.39 is 23.4 Å². The molecule has 0 aliphatic rings. The zero-order chi connectivity index (χ0) is 24.7. The Morgan fingerprint density at radius 2 is 1.79 bits per heavy atom. The van der Waals surface area contributed by atoms with Gasteiger partial charge in [0.15, 0.2) is 0 Å². The zero-order valence-electron chi connectivity index (χ0n) is 18.2. The predicted molar refractivity (Wildman–Crippen MR) is 120 cm³/mol. The van der Waals surface area contributed by atoms with Gasteiger partial charge in [-0.05, 0) is 38.1 Å². The van der Waals surface area contributed by atoms with Crippen molar-refractivity contribution in [1.29, 1.82) is 5.26 Å². The summed E-state index contributed by atoms with van der Waals surface area (Å²) in [6, 6.07) is 9.57. The number of aromatic nitrogens is 3. The van der Waals surface area contributed by atoms with Crippen molar-refractivity contribution in [2.45, 2.75) is 20.4 Å². The van der Waals surface area contributed by atoms with E-state index in [4.69, 9.17) is 16.7 Å². The van der Waals surface area contributed by atoms with E-state index in [2.05, 4.69) is 10.1 Å². The maximum atomic E-state index is 14.5. The lowest BCUT2D eigenvalue weighted by Crippen LogP contribution is -2.21. The lowest BCUT2D eigenvalue weighted by Gasteiger charge is -2.15. The number of primary amides is 2. The number of benzene rings is 2. The third-order valence-electron chi connectivity index (χ3n) is 5.56. The van der Waals surface area contributed by atoms with Crippen LogP contribution in [0.2, 0.25) is 0 Å². The van der Waals surface area contributed by atoms with Gasteiger partial charge in [0, 0.05) is 33.8 Å². The zero-order valence-corrected chi connectivity index (χ0v) is 18.2. The first kappa shape index (κ1) is 22.5. The highest BCUT2D eigenvalue weighted by molar-refractivity contribution is 6.15.